The lowest BCUT2D eigenvalue weighted by Crippen LogP contribution is -2.32. The molecule has 0 aliphatic rings. The second kappa shape index (κ2) is 9.34. The Morgan fingerprint density at radius 1 is 0.971 bits per heavy atom. The molecule has 0 aliphatic carbocycles. The van der Waals surface area contributed by atoms with Crippen molar-refractivity contribution in [3.63, 3.8) is 0 Å². The van der Waals surface area contributed by atoms with Gasteiger partial charge in [0.25, 0.3) is 5.56 Å². The number of para-hydroxylation sites is 1. The number of nitrogens with one attached hydrogen (secondary N) is 2. The first-order valence-electron chi connectivity index (χ1n) is 10.2. The standard InChI is InChI=1S/C24H18F4N4O2/c25-16-8-10-18(11-9-16)32-21(31-20-7-2-1-6-19(20)22(32)33)12-13-29-23(34)30-17-5-3-4-15(14-17)24(26,27)28/h1-11,14H,12-13H2,(H2,29,30,34). The van der Waals surface area contributed by atoms with Crippen LogP contribution in [0.15, 0.2) is 77.6 Å². The lowest BCUT2D eigenvalue weighted by molar-refractivity contribution is -0.137. The summed E-state index contributed by atoms with van der Waals surface area (Å²) in [5.74, 6) is -0.130. The molecule has 0 bridgehead atoms. The molecule has 34 heavy (non-hydrogen) atoms. The molecule has 2 amide bonds. The van der Waals surface area contributed by atoms with Crippen LogP contribution in [-0.4, -0.2) is 22.1 Å². The predicted molar refractivity (Wildman–Crippen MR) is 119 cm³/mol. The Morgan fingerprint density at radius 3 is 2.44 bits per heavy atom. The van der Waals surface area contributed by atoms with E-state index in [-0.39, 0.29) is 24.2 Å². The topological polar surface area (TPSA) is 76.0 Å². The van der Waals surface area contributed by atoms with E-state index < -0.39 is 23.6 Å². The predicted octanol–water partition coefficient (Wildman–Crippen LogP) is 4.91. The number of halogens is 4. The number of aromatic nitrogens is 2. The van der Waals surface area contributed by atoms with Crippen LogP contribution in [0.5, 0.6) is 0 Å². The third-order valence-electron chi connectivity index (χ3n) is 5.01. The van der Waals surface area contributed by atoms with Gasteiger partial charge in [-0.3, -0.25) is 9.36 Å². The number of carbonyl (C=O) groups is 1. The minimum absolute atomic E-state index is 0.0145. The summed E-state index contributed by atoms with van der Waals surface area (Å²) in [5.41, 5.74) is -0.365. The SMILES string of the molecule is O=C(NCCc1nc2ccccc2c(=O)n1-c1ccc(F)cc1)Nc1cccc(C(F)(F)F)c1. The molecule has 0 saturated heterocycles. The summed E-state index contributed by atoms with van der Waals surface area (Å²) in [7, 11) is 0. The Hall–Kier alpha value is -4.21. The van der Waals surface area contributed by atoms with Crippen LogP contribution < -0.4 is 16.2 Å². The van der Waals surface area contributed by atoms with Crippen LogP contribution in [0.1, 0.15) is 11.4 Å². The van der Waals surface area contributed by atoms with Crippen molar-refractivity contribution in [2.24, 2.45) is 0 Å². The van der Waals surface area contributed by atoms with Gasteiger partial charge in [0, 0.05) is 18.7 Å². The number of hydrogen-bond donors (Lipinski definition) is 2. The monoisotopic (exact) mass is 470 g/mol. The number of benzene rings is 3. The molecule has 0 unspecified atom stereocenters. The first-order valence-corrected chi connectivity index (χ1v) is 10.2. The average Bonchev–Trinajstić information content (AvgIpc) is 2.80. The molecule has 2 N–H and O–H groups in total. The Balaban J connectivity index is 1.53. The maximum absolute atomic E-state index is 13.4. The molecule has 1 heterocycles. The van der Waals surface area contributed by atoms with E-state index in [9.17, 15) is 27.2 Å². The number of carbonyl (C=O) groups excluding carboxylic acids is 1. The highest BCUT2D eigenvalue weighted by Crippen LogP contribution is 2.30. The molecule has 0 aliphatic heterocycles. The molecule has 0 spiro atoms. The maximum Gasteiger partial charge on any atom is 0.416 e. The Bertz CT molecular complexity index is 1400. The fourth-order valence-corrected chi connectivity index (χ4v) is 3.44. The van der Waals surface area contributed by atoms with Gasteiger partial charge in [-0.05, 0) is 54.6 Å². The van der Waals surface area contributed by atoms with E-state index in [1.165, 1.54) is 41.0 Å². The number of amides is 2. The molecule has 0 radical (unpaired) electrons. The number of nitrogens with zero attached hydrogens (tertiary/aromatic N) is 2. The zero-order valence-electron chi connectivity index (χ0n) is 17.6. The number of alkyl halides is 3. The lowest BCUT2D eigenvalue weighted by Gasteiger charge is -2.14. The fourth-order valence-electron chi connectivity index (χ4n) is 3.44. The van der Waals surface area contributed by atoms with Crippen LogP contribution in [0, 0.1) is 5.82 Å². The number of urea groups is 1. The van der Waals surface area contributed by atoms with Crippen LogP contribution in [0.2, 0.25) is 0 Å². The van der Waals surface area contributed by atoms with E-state index in [0.717, 1.165) is 12.1 Å². The molecule has 0 saturated carbocycles. The van der Waals surface area contributed by atoms with Gasteiger partial charge in [0.2, 0.25) is 0 Å². The molecule has 4 aromatic rings. The average molecular weight is 470 g/mol. The van der Waals surface area contributed by atoms with E-state index in [0.29, 0.717) is 22.4 Å². The number of anilines is 1. The van der Waals surface area contributed by atoms with Crippen molar-refractivity contribution in [1.82, 2.24) is 14.9 Å². The van der Waals surface area contributed by atoms with Crippen molar-refractivity contribution in [3.8, 4) is 5.69 Å². The summed E-state index contributed by atoms with van der Waals surface area (Å²) < 4.78 is 53.3. The van der Waals surface area contributed by atoms with Gasteiger partial charge in [-0.25, -0.2) is 14.2 Å². The van der Waals surface area contributed by atoms with Crippen molar-refractivity contribution in [2.45, 2.75) is 12.6 Å². The smallest absolute Gasteiger partial charge is 0.337 e. The summed E-state index contributed by atoms with van der Waals surface area (Å²) in [5, 5.41) is 5.28. The minimum atomic E-state index is -4.53. The Morgan fingerprint density at radius 2 is 1.71 bits per heavy atom. The van der Waals surface area contributed by atoms with Gasteiger partial charge in [-0.15, -0.1) is 0 Å². The molecule has 0 atom stereocenters. The number of fused-ring (bicyclic) bond motifs is 1. The van der Waals surface area contributed by atoms with E-state index >= 15 is 0 Å². The second-order valence-corrected chi connectivity index (χ2v) is 7.37. The summed E-state index contributed by atoms with van der Waals surface area (Å²) >= 11 is 0. The Labute approximate surface area is 190 Å². The molecule has 10 heteroatoms. The zero-order chi connectivity index (χ0) is 24.3. The fraction of sp³-hybridized carbons (Fsp3) is 0.125. The summed E-state index contributed by atoms with van der Waals surface area (Å²) in [6.07, 6.45) is -4.40. The number of hydrogen-bond acceptors (Lipinski definition) is 3. The summed E-state index contributed by atoms with van der Waals surface area (Å²) in [6, 6.07) is 15.7. The molecule has 174 valence electrons. The van der Waals surface area contributed by atoms with Crippen LogP contribution >= 0.6 is 0 Å². The zero-order valence-corrected chi connectivity index (χ0v) is 17.6. The van der Waals surface area contributed by atoms with E-state index in [1.807, 2.05) is 0 Å². The van der Waals surface area contributed by atoms with E-state index in [2.05, 4.69) is 15.6 Å². The van der Waals surface area contributed by atoms with Crippen molar-refractivity contribution < 1.29 is 22.4 Å². The highest BCUT2D eigenvalue weighted by atomic mass is 19.4. The van der Waals surface area contributed by atoms with Crippen molar-refractivity contribution in [2.75, 3.05) is 11.9 Å². The van der Waals surface area contributed by atoms with Gasteiger partial charge in [-0.2, -0.15) is 13.2 Å². The van der Waals surface area contributed by atoms with Gasteiger partial charge in [-0.1, -0.05) is 18.2 Å². The highest BCUT2D eigenvalue weighted by molar-refractivity contribution is 5.89. The maximum atomic E-state index is 13.4. The van der Waals surface area contributed by atoms with E-state index in [4.69, 9.17) is 0 Å². The molecule has 1 aromatic heterocycles. The lowest BCUT2D eigenvalue weighted by atomic mass is 10.2. The molecular weight excluding hydrogens is 452 g/mol. The van der Waals surface area contributed by atoms with Crippen molar-refractivity contribution in [3.05, 3.63) is 100 Å². The van der Waals surface area contributed by atoms with Crippen molar-refractivity contribution >= 4 is 22.6 Å². The van der Waals surface area contributed by atoms with Crippen molar-refractivity contribution in [1.29, 1.82) is 0 Å². The largest absolute Gasteiger partial charge is 0.416 e. The number of rotatable bonds is 5. The van der Waals surface area contributed by atoms with Gasteiger partial charge in [0.15, 0.2) is 0 Å². The first kappa shape index (κ1) is 23.0. The van der Waals surface area contributed by atoms with Gasteiger partial charge in [0.1, 0.15) is 11.6 Å². The van der Waals surface area contributed by atoms with Gasteiger partial charge < -0.3 is 10.6 Å². The van der Waals surface area contributed by atoms with Crippen LogP contribution in [0.25, 0.3) is 16.6 Å². The third kappa shape index (κ3) is 5.06. The van der Waals surface area contributed by atoms with E-state index in [1.54, 1.807) is 24.3 Å². The molecule has 4 rings (SSSR count). The quantitative estimate of drug-likeness (QED) is 0.407. The molecule has 3 aromatic carbocycles. The molecule has 6 nitrogen and oxygen atoms in total. The third-order valence-corrected chi connectivity index (χ3v) is 5.01. The van der Waals surface area contributed by atoms with Crippen LogP contribution in [0.4, 0.5) is 28.0 Å². The highest BCUT2D eigenvalue weighted by Gasteiger charge is 2.30. The molecule has 0 fully saturated rings. The van der Waals surface area contributed by atoms with Gasteiger partial charge in [0.05, 0.1) is 22.2 Å². The minimum Gasteiger partial charge on any atom is -0.337 e. The Kier molecular flexibility index (Phi) is 6.31. The summed E-state index contributed by atoms with van der Waals surface area (Å²) in [6.45, 7) is 0.0385. The molecular formula is C24H18F4N4O2. The van der Waals surface area contributed by atoms with Crippen LogP contribution in [0.3, 0.4) is 0 Å². The first-order chi connectivity index (χ1) is 16.2. The normalized spacial score (nSPS) is 11.4. The summed E-state index contributed by atoms with van der Waals surface area (Å²) in [4.78, 5) is 29.9. The second-order valence-electron chi connectivity index (χ2n) is 7.37. The van der Waals surface area contributed by atoms with Crippen LogP contribution in [-0.2, 0) is 12.6 Å². The van der Waals surface area contributed by atoms with Gasteiger partial charge >= 0.3 is 12.2 Å².